The number of benzene rings is 1. The number of aryl methyl sites for hydroxylation is 2. The van der Waals surface area contributed by atoms with Crippen LogP contribution in [0.25, 0.3) is 0 Å². The summed E-state index contributed by atoms with van der Waals surface area (Å²) in [6.45, 7) is 0. The van der Waals surface area contributed by atoms with E-state index in [0.717, 1.165) is 24.1 Å². The van der Waals surface area contributed by atoms with Crippen molar-refractivity contribution in [2.45, 2.75) is 18.9 Å². The molecule has 0 aliphatic carbocycles. The highest BCUT2D eigenvalue weighted by molar-refractivity contribution is 9.10. The van der Waals surface area contributed by atoms with E-state index >= 15 is 0 Å². The Labute approximate surface area is 114 Å². The highest BCUT2D eigenvalue weighted by Gasteiger charge is 2.10. The molecule has 2 rings (SSSR count). The van der Waals surface area contributed by atoms with Crippen LogP contribution >= 0.6 is 15.9 Å². The molecule has 1 heterocycles. The first-order chi connectivity index (χ1) is 8.58. The molecular formula is C13H15BrFN3. The molecule has 1 unspecified atom stereocenters. The Morgan fingerprint density at radius 2 is 2.22 bits per heavy atom. The van der Waals surface area contributed by atoms with Crippen LogP contribution < -0.4 is 5.73 Å². The summed E-state index contributed by atoms with van der Waals surface area (Å²) in [5.74, 6) is -0.266. The van der Waals surface area contributed by atoms with Gasteiger partial charge in [0, 0.05) is 25.0 Å². The Balaban J connectivity index is 2.01. The molecule has 1 atom stereocenters. The lowest BCUT2D eigenvalue weighted by Crippen LogP contribution is -2.12. The minimum Gasteiger partial charge on any atom is -0.324 e. The zero-order chi connectivity index (χ0) is 13.1. The Morgan fingerprint density at radius 3 is 2.83 bits per heavy atom. The number of nitrogens with zero attached hydrogens (tertiary/aromatic N) is 2. The van der Waals surface area contributed by atoms with Crippen molar-refractivity contribution in [3.8, 4) is 0 Å². The number of halogens is 2. The maximum Gasteiger partial charge on any atom is 0.137 e. The van der Waals surface area contributed by atoms with Crippen molar-refractivity contribution in [2.24, 2.45) is 12.8 Å². The van der Waals surface area contributed by atoms with Crippen LogP contribution in [-0.4, -0.2) is 9.78 Å². The maximum atomic E-state index is 13.1. The first kappa shape index (κ1) is 13.2. The van der Waals surface area contributed by atoms with Crippen LogP contribution in [0, 0.1) is 5.82 Å². The van der Waals surface area contributed by atoms with Crippen molar-refractivity contribution in [3.05, 3.63) is 52.0 Å². The van der Waals surface area contributed by atoms with Gasteiger partial charge in [-0.15, -0.1) is 0 Å². The standard InChI is InChI=1S/C13H15BrFN3/c1-18-10(6-7-17-18)3-5-13(16)9-2-4-12(15)11(14)8-9/h2,4,6-8,13H,3,5,16H2,1H3. The summed E-state index contributed by atoms with van der Waals surface area (Å²) in [6.07, 6.45) is 3.43. The molecule has 5 heteroatoms. The van der Waals surface area contributed by atoms with Crippen LogP contribution in [0.5, 0.6) is 0 Å². The zero-order valence-corrected chi connectivity index (χ0v) is 11.7. The highest BCUT2D eigenvalue weighted by atomic mass is 79.9. The predicted molar refractivity (Wildman–Crippen MR) is 72.6 cm³/mol. The second-order valence-corrected chi connectivity index (χ2v) is 5.12. The largest absolute Gasteiger partial charge is 0.324 e. The lowest BCUT2D eigenvalue weighted by Gasteiger charge is -2.12. The van der Waals surface area contributed by atoms with Gasteiger partial charge in [-0.05, 0) is 52.5 Å². The number of hydrogen-bond donors (Lipinski definition) is 1. The fourth-order valence-corrected chi connectivity index (χ4v) is 2.26. The molecule has 0 saturated heterocycles. The van der Waals surface area contributed by atoms with Crippen LogP contribution in [-0.2, 0) is 13.5 Å². The quantitative estimate of drug-likeness (QED) is 0.943. The SMILES string of the molecule is Cn1nccc1CCC(N)c1ccc(F)c(Br)c1. The van der Waals surface area contributed by atoms with Crippen molar-refractivity contribution in [1.82, 2.24) is 9.78 Å². The van der Waals surface area contributed by atoms with Crippen LogP contribution in [0.3, 0.4) is 0 Å². The van der Waals surface area contributed by atoms with Crippen molar-refractivity contribution in [2.75, 3.05) is 0 Å². The molecule has 0 fully saturated rings. The Bertz CT molecular complexity index is 539. The third kappa shape index (κ3) is 2.97. The van der Waals surface area contributed by atoms with Gasteiger partial charge in [-0.1, -0.05) is 6.07 Å². The minimum atomic E-state index is -0.266. The van der Waals surface area contributed by atoms with E-state index in [-0.39, 0.29) is 11.9 Å². The van der Waals surface area contributed by atoms with Crippen LogP contribution in [0.4, 0.5) is 4.39 Å². The fourth-order valence-electron chi connectivity index (χ4n) is 1.86. The molecule has 96 valence electrons. The molecule has 3 nitrogen and oxygen atoms in total. The predicted octanol–water partition coefficient (Wildman–Crippen LogP) is 2.95. The summed E-state index contributed by atoms with van der Waals surface area (Å²) in [4.78, 5) is 0. The smallest absolute Gasteiger partial charge is 0.137 e. The van der Waals surface area contributed by atoms with Gasteiger partial charge in [0.15, 0.2) is 0 Å². The summed E-state index contributed by atoms with van der Waals surface area (Å²) >= 11 is 3.17. The average molecular weight is 312 g/mol. The first-order valence-corrected chi connectivity index (χ1v) is 6.54. The normalized spacial score (nSPS) is 12.7. The molecule has 1 aromatic heterocycles. The van der Waals surface area contributed by atoms with Gasteiger partial charge in [0.25, 0.3) is 0 Å². The van der Waals surface area contributed by atoms with Gasteiger partial charge in [-0.25, -0.2) is 4.39 Å². The number of hydrogen-bond acceptors (Lipinski definition) is 2. The molecule has 0 aliphatic rings. The monoisotopic (exact) mass is 311 g/mol. The van der Waals surface area contributed by atoms with Gasteiger partial charge in [0.05, 0.1) is 4.47 Å². The third-order valence-corrected chi connectivity index (χ3v) is 3.61. The van der Waals surface area contributed by atoms with Gasteiger partial charge in [0.2, 0.25) is 0 Å². The summed E-state index contributed by atoms with van der Waals surface area (Å²) < 4.78 is 15.4. The molecular weight excluding hydrogens is 297 g/mol. The van der Waals surface area contributed by atoms with Gasteiger partial charge < -0.3 is 5.73 Å². The first-order valence-electron chi connectivity index (χ1n) is 5.75. The van der Waals surface area contributed by atoms with Crippen molar-refractivity contribution >= 4 is 15.9 Å². The van der Waals surface area contributed by atoms with Crippen LogP contribution in [0.1, 0.15) is 23.7 Å². The average Bonchev–Trinajstić information content (AvgIpc) is 2.75. The van der Waals surface area contributed by atoms with Gasteiger partial charge in [-0.2, -0.15) is 5.10 Å². The second-order valence-electron chi connectivity index (χ2n) is 4.26. The molecule has 2 N–H and O–H groups in total. The highest BCUT2D eigenvalue weighted by Crippen LogP contribution is 2.22. The lowest BCUT2D eigenvalue weighted by atomic mass is 10.0. The topological polar surface area (TPSA) is 43.8 Å². The van der Waals surface area contributed by atoms with Crippen LogP contribution in [0.15, 0.2) is 34.9 Å². The van der Waals surface area contributed by atoms with Crippen molar-refractivity contribution in [1.29, 1.82) is 0 Å². The summed E-state index contributed by atoms with van der Waals surface area (Å²) in [7, 11) is 1.91. The van der Waals surface area contributed by atoms with E-state index in [1.54, 1.807) is 18.3 Å². The fraction of sp³-hybridized carbons (Fsp3) is 0.308. The lowest BCUT2D eigenvalue weighted by molar-refractivity contribution is 0.602. The third-order valence-electron chi connectivity index (χ3n) is 3.01. The van der Waals surface area contributed by atoms with Crippen molar-refractivity contribution < 1.29 is 4.39 Å². The zero-order valence-electron chi connectivity index (χ0n) is 10.1. The molecule has 0 bridgehead atoms. The summed E-state index contributed by atoms with van der Waals surface area (Å²) in [5, 5.41) is 4.11. The van der Waals surface area contributed by atoms with E-state index in [2.05, 4.69) is 21.0 Å². The molecule has 0 amide bonds. The maximum absolute atomic E-state index is 13.1. The molecule has 0 radical (unpaired) electrons. The van der Waals surface area contributed by atoms with E-state index in [0.29, 0.717) is 4.47 Å². The number of nitrogens with two attached hydrogens (primary N) is 1. The Kier molecular flexibility index (Phi) is 4.14. The van der Waals surface area contributed by atoms with E-state index in [9.17, 15) is 4.39 Å². The van der Waals surface area contributed by atoms with Gasteiger partial charge in [-0.3, -0.25) is 4.68 Å². The molecule has 0 aliphatic heterocycles. The Morgan fingerprint density at radius 1 is 1.44 bits per heavy atom. The molecule has 0 saturated carbocycles. The van der Waals surface area contributed by atoms with Crippen LogP contribution in [0.2, 0.25) is 0 Å². The molecule has 1 aromatic carbocycles. The number of rotatable bonds is 4. The minimum absolute atomic E-state index is 0.100. The summed E-state index contributed by atoms with van der Waals surface area (Å²) in [5.41, 5.74) is 8.19. The van der Waals surface area contributed by atoms with E-state index in [1.807, 2.05) is 17.8 Å². The van der Waals surface area contributed by atoms with Gasteiger partial charge >= 0.3 is 0 Å². The van der Waals surface area contributed by atoms with Crippen molar-refractivity contribution in [3.63, 3.8) is 0 Å². The van der Waals surface area contributed by atoms with E-state index < -0.39 is 0 Å². The Hall–Kier alpha value is -1.20. The summed E-state index contributed by atoms with van der Waals surface area (Å²) in [6, 6.07) is 6.78. The van der Waals surface area contributed by atoms with E-state index in [4.69, 9.17) is 5.73 Å². The second kappa shape index (κ2) is 5.63. The van der Waals surface area contributed by atoms with E-state index in [1.165, 1.54) is 6.07 Å². The molecule has 0 spiro atoms. The van der Waals surface area contributed by atoms with Gasteiger partial charge in [0.1, 0.15) is 5.82 Å². The molecule has 2 aromatic rings. The number of aromatic nitrogens is 2. The molecule has 18 heavy (non-hydrogen) atoms.